The zero-order valence-electron chi connectivity index (χ0n) is 8.88. The first-order chi connectivity index (χ1) is 8.59. The molecule has 0 unspecified atom stereocenters. The van der Waals surface area contributed by atoms with Crippen LogP contribution in [-0.4, -0.2) is 22.0 Å². The number of halogens is 1. The largest absolute Gasteiger partial charge is 0.478 e. The summed E-state index contributed by atoms with van der Waals surface area (Å²) in [6.07, 6.45) is 0. The third-order valence-electron chi connectivity index (χ3n) is 2.15. The Kier molecular flexibility index (Phi) is 3.73. The molecule has 0 radical (unpaired) electrons. The first kappa shape index (κ1) is 12.7. The summed E-state index contributed by atoms with van der Waals surface area (Å²) in [7, 11) is 0. The average Bonchev–Trinajstić information content (AvgIpc) is 2.85. The second kappa shape index (κ2) is 5.28. The fourth-order valence-electron chi connectivity index (χ4n) is 1.33. The van der Waals surface area contributed by atoms with Crippen molar-refractivity contribution >= 4 is 44.8 Å². The molecule has 1 amide bonds. The van der Waals surface area contributed by atoms with Crippen molar-refractivity contribution < 1.29 is 14.7 Å². The van der Waals surface area contributed by atoms with Gasteiger partial charge in [-0.1, -0.05) is 6.07 Å². The van der Waals surface area contributed by atoms with E-state index in [1.165, 1.54) is 22.9 Å². The van der Waals surface area contributed by atoms with Gasteiger partial charge in [-0.15, -0.1) is 11.3 Å². The number of anilines is 1. The number of thiazole rings is 1. The van der Waals surface area contributed by atoms with E-state index in [1.54, 1.807) is 17.5 Å². The molecule has 1 aromatic heterocycles. The number of hydrogen-bond acceptors (Lipinski definition) is 4. The van der Waals surface area contributed by atoms with Crippen molar-refractivity contribution in [2.45, 2.75) is 0 Å². The fraction of sp³-hybridized carbons (Fsp3) is 0. The zero-order chi connectivity index (χ0) is 13.1. The first-order valence-electron chi connectivity index (χ1n) is 4.81. The molecule has 0 aliphatic heterocycles. The first-order valence-corrected chi connectivity index (χ1v) is 6.54. The van der Waals surface area contributed by atoms with Crippen LogP contribution in [0.15, 0.2) is 33.6 Å². The molecular weight excluding hydrogens is 320 g/mol. The Hall–Kier alpha value is -1.73. The predicted octanol–water partition coefficient (Wildman–Crippen LogP) is 2.86. The molecule has 0 saturated carbocycles. The topological polar surface area (TPSA) is 79.3 Å². The second-order valence-corrected chi connectivity index (χ2v) is 4.87. The number of hydrogen-bond donors (Lipinski definition) is 2. The maximum Gasteiger partial charge on any atom is 0.337 e. The third kappa shape index (κ3) is 2.57. The van der Waals surface area contributed by atoms with Crippen molar-refractivity contribution in [1.82, 2.24) is 4.98 Å². The van der Waals surface area contributed by atoms with Crippen LogP contribution in [-0.2, 0) is 0 Å². The number of carbonyl (C=O) groups is 2. The van der Waals surface area contributed by atoms with Gasteiger partial charge in [0.2, 0.25) is 0 Å². The maximum atomic E-state index is 11.8. The number of aromatic carboxylic acids is 1. The van der Waals surface area contributed by atoms with Gasteiger partial charge in [-0.25, -0.2) is 9.78 Å². The summed E-state index contributed by atoms with van der Waals surface area (Å²) in [5.74, 6) is -1.55. The highest BCUT2D eigenvalue weighted by molar-refractivity contribution is 9.10. The number of carboxylic acid groups (broad SMARTS) is 1. The maximum absolute atomic E-state index is 11.8. The zero-order valence-corrected chi connectivity index (χ0v) is 11.3. The molecule has 1 heterocycles. The summed E-state index contributed by atoms with van der Waals surface area (Å²) in [6, 6.07) is 4.67. The van der Waals surface area contributed by atoms with Crippen LogP contribution >= 0.6 is 27.3 Å². The van der Waals surface area contributed by atoms with E-state index in [9.17, 15) is 9.59 Å². The quantitative estimate of drug-likeness (QED) is 0.908. The van der Waals surface area contributed by atoms with Crippen LogP contribution in [0.2, 0.25) is 0 Å². The summed E-state index contributed by atoms with van der Waals surface area (Å²) in [5, 5.41) is 13.2. The molecule has 1 aromatic carbocycles. The standard InChI is InChI=1S/C11H7BrN2O3S/c12-7-3-1-2-6(11(16)17)9(7)14-10(15)8-4-18-5-13-8/h1-5H,(H,14,15)(H,16,17). The van der Waals surface area contributed by atoms with Crippen LogP contribution in [0.25, 0.3) is 0 Å². The van der Waals surface area contributed by atoms with Gasteiger partial charge in [-0.05, 0) is 28.1 Å². The number of rotatable bonds is 3. The van der Waals surface area contributed by atoms with Crippen molar-refractivity contribution in [2.24, 2.45) is 0 Å². The second-order valence-electron chi connectivity index (χ2n) is 3.30. The van der Waals surface area contributed by atoms with E-state index in [2.05, 4.69) is 26.2 Å². The summed E-state index contributed by atoms with van der Waals surface area (Å²) in [6.45, 7) is 0. The molecule has 0 spiro atoms. The van der Waals surface area contributed by atoms with Crippen LogP contribution < -0.4 is 5.32 Å². The molecule has 92 valence electrons. The van der Waals surface area contributed by atoms with Crippen LogP contribution in [0.3, 0.4) is 0 Å². The molecule has 2 rings (SSSR count). The van der Waals surface area contributed by atoms with Crippen molar-refractivity contribution in [1.29, 1.82) is 0 Å². The minimum absolute atomic E-state index is 0.0213. The van der Waals surface area contributed by atoms with Crippen LogP contribution in [0, 0.1) is 0 Å². The Bertz CT molecular complexity index is 598. The third-order valence-corrected chi connectivity index (χ3v) is 3.39. The van der Waals surface area contributed by atoms with Crippen molar-refractivity contribution in [3.8, 4) is 0 Å². The molecule has 5 nitrogen and oxygen atoms in total. The lowest BCUT2D eigenvalue weighted by molar-refractivity contribution is 0.0698. The molecule has 18 heavy (non-hydrogen) atoms. The fourth-order valence-corrected chi connectivity index (χ4v) is 2.33. The van der Waals surface area contributed by atoms with Crippen molar-refractivity contribution in [2.75, 3.05) is 5.32 Å². The SMILES string of the molecule is O=C(Nc1c(Br)cccc1C(=O)O)c1cscn1. The molecule has 0 bridgehead atoms. The minimum Gasteiger partial charge on any atom is -0.478 e. The van der Waals surface area contributed by atoms with Gasteiger partial charge in [0.05, 0.1) is 16.8 Å². The number of nitrogens with zero attached hydrogens (tertiary/aromatic N) is 1. The lowest BCUT2D eigenvalue weighted by Crippen LogP contribution is -2.15. The lowest BCUT2D eigenvalue weighted by atomic mass is 10.2. The summed E-state index contributed by atoms with van der Waals surface area (Å²) in [5.41, 5.74) is 2.04. The number of benzene rings is 1. The monoisotopic (exact) mass is 326 g/mol. The van der Waals surface area contributed by atoms with Gasteiger partial charge in [-0.2, -0.15) is 0 Å². The Balaban J connectivity index is 2.34. The minimum atomic E-state index is -1.11. The number of carbonyl (C=O) groups excluding carboxylic acids is 1. The highest BCUT2D eigenvalue weighted by Crippen LogP contribution is 2.27. The Morgan fingerprint density at radius 2 is 2.17 bits per heavy atom. The smallest absolute Gasteiger partial charge is 0.337 e. The highest BCUT2D eigenvalue weighted by Gasteiger charge is 2.16. The van der Waals surface area contributed by atoms with Crippen LogP contribution in [0.1, 0.15) is 20.8 Å². The van der Waals surface area contributed by atoms with E-state index in [-0.39, 0.29) is 16.9 Å². The van der Waals surface area contributed by atoms with E-state index >= 15 is 0 Å². The number of nitrogens with one attached hydrogen (secondary N) is 1. The summed E-state index contributed by atoms with van der Waals surface area (Å²) < 4.78 is 0.506. The van der Waals surface area contributed by atoms with Gasteiger partial charge >= 0.3 is 5.97 Å². The van der Waals surface area contributed by atoms with Gasteiger partial charge in [0.25, 0.3) is 5.91 Å². The Labute approximate surface area is 115 Å². The van der Waals surface area contributed by atoms with Crippen molar-refractivity contribution in [3.63, 3.8) is 0 Å². The lowest BCUT2D eigenvalue weighted by Gasteiger charge is -2.09. The van der Waals surface area contributed by atoms with E-state index in [4.69, 9.17) is 5.11 Å². The molecule has 0 fully saturated rings. The van der Waals surface area contributed by atoms with Gasteiger partial charge in [0.15, 0.2) is 0 Å². The van der Waals surface area contributed by atoms with E-state index in [1.807, 2.05) is 0 Å². The van der Waals surface area contributed by atoms with Crippen LogP contribution in [0.5, 0.6) is 0 Å². The molecule has 0 aliphatic rings. The number of aromatic nitrogens is 1. The molecule has 0 atom stereocenters. The van der Waals surface area contributed by atoms with Crippen molar-refractivity contribution in [3.05, 3.63) is 44.8 Å². The van der Waals surface area contributed by atoms with Gasteiger partial charge in [0.1, 0.15) is 5.69 Å². The number of carboxylic acids is 1. The summed E-state index contributed by atoms with van der Waals surface area (Å²) >= 11 is 4.50. The molecule has 0 aliphatic carbocycles. The molecular formula is C11H7BrN2O3S. The van der Waals surface area contributed by atoms with Gasteiger partial charge in [-0.3, -0.25) is 4.79 Å². The predicted molar refractivity (Wildman–Crippen MR) is 71.2 cm³/mol. The average molecular weight is 327 g/mol. The molecule has 7 heteroatoms. The normalized spacial score (nSPS) is 10.1. The van der Waals surface area contributed by atoms with Crippen LogP contribution in [0.4, 0.5) is 5.69 Å². The number of amides is 1. The Morgan fingerprint density at radius 1 is 1.39 bits per heavy atom. The highest BCUT2D eigenvalue weighted by atomic mass is 79.9. The Morgan fingerprint density at radius 3 is 2.78 bits per heavy atom. The van der Waals surface area contributed by atoms with E-state index in [0.717, 1.165) is 0 Å². The molecule has 2 aromatic rings. The molecule has 0 saturated heterocycles. The summed E-state index contributed by atoms with van der Waals surface area (Å²) in [4.78, 5) is 26.7. The van der Waals surface area contributed by atoms with Gasteiger partial charge < -0.3 is 10.4 Å². The van der Waals surface area contributed by atoms with E-state index < -0.39 is 11.9 Å². The number of para-hydroxylation sites is 1. The van der Waals surface area contributed by atoms with Gasteiger partial charge in [0, 0.05) is 9.85 Å². The molecule has 2 N–H and O–H groups in total. The van der Waals surface area contributed by atoms with E-state index in [0.29, 0.717) is 4.47 Å².